The van der Waals surface area contributed by atoms with E-state index in [2.05, 4.69) is 67.3 Å². The number of carbonyl (C=O) groups is 1. The van der Waals surface area contributed by atoms with Gasteiger partial charge in [0, 0.05) is 44.0 Å². The lowest BCUT2D eigenvalue weighted by Gasteiger charge is -2.32. The van der Waals surface area contributed by atoms with Gasteiger partial charge in [-0.3, -0.25) is 9.78 Å². The molecule has 0 spiro atoms. The molecule has 0 radical (unpaired) electrons. The molecule has 1 aliphatic rings. The van der Waals surface area contributed by atoms with Crippen LogP contribution in [-0.4, -0.2) is 35.1 Å². The van der Waals surface area contributed by atoms with Crippen molar-refractivity contribution in [2.75, 3.05) is 18.0 Å². The zero-order valence-corrected chi connectivity index (χ0v) is 17.8. The molecule has 1 aromatic heterocycles. The van der Waals surface area contributed by atoms with Crippen molar-refractivity contribution in [3.05, 3.63) is 65.9 Å². The van der Waals surface area contributed by atoms with Crippen LogP contribution in [0.3, 0.4) is 0 Å². The normalized spacial score (nSPS) is 14.6. The van der Waals surface area contributed by atoms with Crippen molar-refractivity contribution in [3.8, 4) is 22.5 Å². The van der Waals surface area contributed by atoms with Crippen LogP contribution in [0.5, 0.6) is 0 Å². The summed E-state index contributed by atoms with van der Waals surface area (Å²) in [4.78, 5) is 23.3. The summed E-state index contributed by atoms with van der Waals surface area (Å²) in [6.45, 7) is 7.22. The van der Waals surface area contributed by atoms with Crippen molar-refractivity contribution in [1.29, 1.82) is 0 Å². The fourth-order valence-corrected chi connectivity index (χ4v) is 3.80. The van der Waals surface area contributed by atoms with E-state index in [0.717, 1.165) is 54.3 Å². The molecule has 4 rings (SSSR count). The number of anilines is 1. The first-order chi connectivity index (χ1) is 14.5. The summed E-state index contributed by atoms with van der Waals surface area (Å²) in [7, 11) is 0. The fraction of sp³-hybridized carbons (Fsp3) is 0.320. The summed E-state index contributed by atoms with van der Waals surface area (Å²) >= 11 is 0. The second-order valence-electron chi connectivity index (χ2n) is 7.95. The molecular weight excluding hydrogens is 374 g/mol. The highest BCUT2D eigenvalue weighted by atomic mass is 16.5. The first-order valence-electron chi connectivity index (χ1n) is 10.4. The Kier molecular flexibility index (Phi) is 5.79. The smallest absolute Gasteiger partial charge is 0.302 e. The summed E-state index contributed by atoms with van der Waals surface area (Å²) in [6, 6.07) is 16.8. The predicted molar refractivity (Wildman–Crippen MR) is 119 cm³/mol. The lowest BCUT2D eigenvalue weighted by Crippen LogP contribution is -2.38. The second-order valence-corrected chi connectivity index (χ2v) is 7.95. The van der Waals surface area contributed by atoms with Crippen molar-refractivity contribution >= 4 is 11.8 Å². The molecule has 154 valence electrons. The summed E-state index contributed by atoms with van der Waals surface area (Å²) in [6.07, 6.45) is 3.47. The topological polar surface area (TPSA) is 55.3 Å². The summed E-state index contributed by atoms with van der Waals surface area (Å²) < 4.78 is 5.36. The highest BCUT2D eigenvalue weighted by Gasteiger charge is 2.23. The highest BCUT2D eigenvalue weighted by molar-refractivity contribution is 5.79. The predicted octanol–water partition coefficient (Wildman–Crippen LogP) is 4.96. The van der Waals surface area contributed by atoms with Gasteiger partial charge in [-0.05, 0) is 13.8 Å². The van der Waals surface area contributed by atoms with Gasteiger partial charge in [-0.1, -0.05) is 59.7 Å². The third-order valence-electron chi connectivity index (χ3n) is 5.51. The number of piperidine rings is 1. The minimum absolute atomic E-state index is 0.00453. The van der Waals surface area contributed by atoms with Gasteiger partial charge in [-0.2, -0.15) is 0 Å². The van der Waals surface area contributed by atoms with Crippen molar-refractivity contribution in [3.63, 3.8) is 0 Å². The highest BCUT2D eigenvalue weighted by Crippen LogP contribution is 2.31. The number of aromatic nitrogens is 2. The molecule has 5 nitrogen and oxygen atoms in total. The molecule has 0 saturated carbocycles. The van der Waals surface area contributed by atoms with Crippen LogP contribution < -0.4 is 4.90 Å². The van der Waals surface area contributed by atoms with Crippen molar-refractivity contribution in [1.82, 2.24) is 9.97 Å². The number of esters is 1. The van der Waals surface area contributed by atoms with Gasteiger partial charge in [0.15, 0.2) is 0 Å². The molecule has 2 heterocycles. The van der Waals surface area contributed by atoms with Gasteiger partial charge in [-0.15, -0.1) is 0 Å². The van der Waals surface area contributed by atoms with Gasteiger partial charge in [0.2, 0.25) is 0 Å². The first kappa shape index (κ1) is 20.1. The van der Waals surface area contributed by atoms with Crippen LogP contribution in [0.25, 0.3) is 22.5 Å². The molecule has 1 fully saturated rings. The van der Waals surface area contributed by atoms with Crippen LogP contribution in [0.2, 0.25) is 0 Å². The lowest BCUT2D eigenvalue weighted by molar-refractivity contribution is -0.147. The zero-order valence-electron chi connectivity index (χ0n) is 17.8. The van der Waals surface area contributed by atoms with E-state index in [9.17, 15) is 4.79 Å². The molecule has 5 heteroatoms. The standard InChI is InChI=1S/C25H27N3O2/c1-17-4-8-20(9-5-17)24-25(21-10-6-18(2)7-11-21)27-23(16-26-24)28-14-12-22(13-15-28)30-19(3)29/h4-11,16,22H,12-15H2,1-3H3. The Balaban J connectivity index is 1.67. The van der Waals surface area contributed by atoms with Gasteiger partial charge in [0.25, 0.3) is 0 Å². The Labute approximate surface area is 177 Å². The minimum atomic E-state index is -0.211. The molecule has 0 atom stereocenters. The van der Waals surface area contributed by atoms with Crippen LogP contribution in [0.15, 0.2) is 54.7 Å². The maximum Gasteiger partial charge on any atom is 0.302 e. The second kappa shape index (κ2) is 8.66. The quantitative estimate of drug-likeness (QED) is 0.579. The number of hydrogen-bond donors (Lipinski definition) is 0. The third-order valence-corrected chi connectivity index (χ3v) is 5.51. The Morgan fingerprint density at radius 1 is 0.900 bits per heavy atom. The number of carbonyl (C=O) groups excluding carboxylic acids is 1. The maximum atomic E-state index is 11.2. The molecule has 1 saturated heterocycles. The van der Waals surface area contributed by atoms with E-state index in [1.54, 1.807) is 0 Å². The monoisotopic (exact) mass is 401 g/mol. The Morgan fingerprint density at radius 2 is 1.43 bits per heavy atom. The van der Waals surface area contributed by atoms with E-state index in [-0.39, 0.29) is 12.1 Å². The van der Waals surface area contributed by atoms with Gasteiger partial charge in [-0.25, -0.2) is 4.98 Å². The molecule has 2 aromatic carbocycles. The van der Waals surface area contributed by atoms with E-state index in [0.29, 0.717) is 0 Å². The number of benzene rings is 2. The molecule has 0 N–H and O–H groups in total. The molecule has 3 aromatic rings. The minimum Gasteiger partial charge on any atom is -0.462 e. The molecule has 0 amide bonds. The number of rotatable bonds is 4. The van der Waals surface area contributed by atoms with Crippen molar-refractivity contribution in [2.45, 2.75) is 39.7 Å². The summed E-state index contributed by atoms with van der Waals surface area (Å²) in [5.41, 5.74) is 6.32. The third kappa shape index (κ3) is 4.51. The van der Waals surface area contributed by atoms with Crippen molar-refractivity contribution < 1.29 is 9.53 Å². The van der Waals surface area contributed by atoms with Crippen LogP contribution in [0.1, 0.15) is 30.9 Å². The molecule has 0 unspecified atom stereocenters. The number of ether oxygens (including phenoxy) is 1. The molecular formula is C25H27N3O2. The zero-order chi connectivity index (χ0) is 21.1. The average molecular weight is 402 g/mol. The van der Waals surface area contributed by atoms with Gasteiger partial charge in [0.1, 0.15) is 11.9 Å². The maximum absolute atomic E-state index is 11.2. The average Bonchev–Trinajstić information content (AvgIpc) is 2.75. The van der Waals surface area contributed by atoms with Crippen LogP contribution in [-0.2, 0) is 9.53 Å². The van der Waals surface area contributed by atoms with Gasteiger partial charge in [0.05, 0.1) is 17.6 Å². The van der Waals surface area contributed by atoms with Crippen LogP contribution >= 0.6 is 0 Å². The van der Waals surface area contributed by atoms with E-state index in [4.69, 9.17) is 14.7 Å². The first-order valence-corrected chi connectivity index (χ1v) is 10.4. The Bertz CT molecular complexity index is 1020. The molecule has 0 bridgehead atoms. The van der Waals surface area contributed by atoms with E-state index in [1.807, 2.05) is 6.20 Å². The number of aryl methyl sites for hydroxylation is 2. The number of nitrogens with zero attached hydrogens (tertiary/aromatic N) is 3. The molecule has 1 aliphatic heterocycles. The molecule has 30 heavy (non-hydrogen) atoms. The van der Waals surface area contributed by atoms with E-state index in [1.165, 1.54) is 18.1 Å². The number of hydrogen-bond acceptors (Lipinski definition) is 5. The van der Waals surface area contributed by atoms with Gasteiger partial charge >= 0.3 is 5.97 Å². The lowest BCUT2D eigenvalue weighted by atomic mass is 10.0. The van der Waals surface area contributed by atoms with Gasteiger partial charge < -0.3 is 9.64 Å². The van der Waals surface area contributed by atoms with Crippen molar-refractivity contribution in [2.24, 2.45) is 0 Å². The Morgan fingerprint density at radius 3 is 1.97 bits per heavy atom. The van der Waals surface area contributed by atoms with E-state index >= 15 is 0 Å². The summed E-state index contributed by atoms with van der Waals surface area (Å²) in [5, 5.41) is 0. The SMILES string of the molecule is CC(=O)OC1CCN(c2cnc(-c3ccc(C)cc3)c(-c3ccc(C)cc3)n2)CC1. The van der Waals surface area contributed by atoms with Crippen LogP contribution in [0.4, 0.5) is 5.82 Å². The summed E-state index contributed by atoms with van der Waals surface area (Å²) in [5.74, 6) is 0.653. The van der Waals surface area contributed by atoms with E-state index < -0.39 is 0 Å². The largest absolute Gasteiger partial charge is 0.462 e. The fourth-order valence-electron chi connectivity index (χ4n) is 3.80. The molecule has 0 aliphatic carbocycles. The van der Waals surface area contributed by atoms with Crippen LogP contribution in [0, 0.1) is 13.8 Å². The Hall–Kier alpha value is -3.21.